The first kappa shape index (κ1) is 16.0. The molecule has 0 bridgehead atoms. The van der Waals surface area contributed by atoms with Crippen LogP contribution in [0, 0.1) is 6.92 Å². The van der Waals surface area contributed by atoms with Crippen molar-refractivity contribution in [1.82, 2.24) is 14.6 Å². The molecule has 0 saturated heterocycles. The molecule has 0 unspecified atom stereocenters. The fraction of sp³-hybridized carbons (Fsp3) is 0.200. The van der Waals surface area contributed by atoms with Crippen LogP contribution in [0.15, 0.2) is 53.7 Å². The Balaban J connectivity index is 2.05. The number of nitrogens with one attached hydrogen (secondary N) is 1. The third kappa shape index (κ3) is 4.05. The Bertz CT molecular complexity index is 743. The van der Waals surface area contributed by atoms with Gasteiger partial charge in [-0.05, 0) is 30.7 Å². The van der Waals surface area contributed by atoms with Gasteiger partial charge >= 0.3 is 6.03 Å². The molecule has 1 heterocycles. The fourth-order valence-electron chi connectivity index (χ4n) is 1.81. The summed E-state index contributed by atoms with van der Waals surface area (Å²) in [5.41, 5.74) is 1.76. The number of rotatable bonds is 4. The molecule has 1 aromatic carbocycles. The van der Waals surface area contributed by atoms with Crippen molar-refractivity contribution in [3.05, 3.63) is 59.9 Å². The van der Waals surface area contributed by atoms with Gasteiger partial charge in [0.1, 0.15) is 0 Å². The van der Waals surface area contributed by atoms with Gasteiger partial charge in [-0.3, -0.25) is 4.98 Å². The number of carbonyl (C=O) groups is 1. The predicted molar refractivity (Wildman–Crippen MR) is 82.6 cm³/mol. The van der Waals surface area contributed by atoms with Crippen LogP contribution in [0.1, 0.15) is 11.1 Å². The lowest BCUT2D eigenvalue weighted by Gasteiger charge is -2.17. The molecule has 0 fully saturated rings. The van der Waals surface area contributed by atoms with E-state index in [9.17, 15) is 13.2 Å². The summed E-state index contributed by atoms with van der Waals surface area (Å²) in [6.07, 6.45) is 3.25. The molecule has 6 nitrogen and oxygen atoms in total. The van der Waals surface area contributed by atoms with Crippen LogP contribution in [0.4, 0.5) is 4.79 Å². The monoisotopic (exact) mass is 319 g/mol. The minimum Gasteiger partial charge on any atom is -0.323 e. The molecule has 0 aliphatic rings. The van der Waals surface area contributed by atoms with Crippen LogP contribution in [0.5, 0.6) is 0 Å². The highest BCUT2D eigenvalue weighted by Crippen LogP contribution is 2.10. The summed E-state index contributed by atoms with van der Waals surface area (Å²) in [7, 11) is -2.35. The van der Waals surface area contributed by atoms with Gasteiger partial charge in [-0.2, -0.15) is 0 Å². The predicted octanol–water partition coefficient (Wildman–Crippen LogP) is 1.92. The Hall–Kier alpha value is -2.41. The van der Waals surface area contributed by atoms with E-state index in [4.69, 9.17) is 0 Å². The molecule has 1 N–H and O–H groups in total. The molecule has 1 aromatic heterocycles. The molecule has 2 aromatic rings. The van der Waals surface area contributed by atoms with E-state index in [0.29, 0.717) is 0 Å². The Morgan fingerprint density at radius 2 is 1.91 bits per heavy atom. The number of aromatic nitrogens is 1. The molecular weight excluding hydrogens is 302 g/mol. The lowest BCUT2D eigenvalue weighted by molar-refractivity contribution is 0.213. The van der Waals surface area contributed by atoms with Gasteiger partial charge in [-0.25, -0.2) is 17.9 Å². The first-order valence-electron chi connectivity index (χ1n) is 6.62. The zero-order valence-electron chi connectivity index (χ0n) is 12.4. The molecule has 0 spiro atoms. The Morgan fingerprint density at radius 3 is 2.50 bits per heavy atom. The van der Waals surface area contributed by atoms with Crippen molar-refractivity contribution in [3.63, 3.8) is 0 Å². The number of hydrogen-bond donors (Lipinski definition) is 1. The van der Waals surface area contributed by atoms with Gasteiger partial charge in [0.25, 0.3) is 10.0 Å². The lowest BCUT2D eigenvalue weighted by atomic mass is 10.2. The average Bonchev–Trinajstić information content (AvgIpc) is 2.48. The van der Waals surface area contributed by atoms with E-state index in [1.165, 1.54) is 24.1 Å². The number of carbonyl (C=O) groups excluding carboxylic acids is 1. The Labute approximate surface area is 129 Å². The molecular formula is C15H17N3O3S. The van der Waals surface area contributed by atoms with Crippen molar-refractivity contribution in [2.45, 2.75) is 18.4 Å². The number of aryl methyl sites for hydroxylation is 1. The lowest BCUT2D eigenvalue weighted by Crippen LogP contribution is -2.40. The van der Waals surface area contributed by atoms with Gasteiger partial charge in [0.05, 0.1) is 4.90 Å². The molecule has 0 aliphatic heterocycles. The van der Waals surface area contributed by atoms with Crippen LogP contribution in [-0.2, 0) is 16.6 Å². The number of sulfonamides is 1. The van der Waals surface area contributed by atoms with Crippen molar-refractivity contribution >= 4 is 16.1 Å². The van der Waals surface area contributed by atoms with Gasteiger partial charge < -0.3 is 4.90 Å². The van der Waals surface area contributed by atoms with Crippen LogP contribution in [-0.4, -0.2) is 31.4 Å². The number of nitrogens with zero attached hydrogens (tertiary/aromatic N) is 2. The topological polar surface area (TPSA) is 79.4 Å². The number of pyridine rings is 1. The largest absolute Gasteiger partial charge is 0.331 e. The van der Waals surface area contributed by atoms with Crippen molar-refractivity contribution in [1.29, 1.82) is 0 Å². The van der Waals surface area contributed by atoms with Gasteiger partial charge in [0.2, 0.25) is 0 Å². The normalized spacial score (nSPS) is 11.0. The number of urea groups is 1. The molecule has 2 amide bonds. The van der Waals surface area contributed by atoms with Crippen LogP contribution in [0.2, 0.25) is 0 Å². The quantitative estimate of drug-likeness (QED) is 0.934. The minimum atomic E-state index is -3.87. The summed E-state index contributed by atoms with van der Waals surface area (Å²) in [4.78, 5) is 17.3. The highest BCUT2D eigenvalue weighted by molar-refractivity contribution is 7.90. The molecule has 116 valence electrons. The van der Waals surface area contributed by atoms with Gasteiger partial charge in [0, 0.05) is 26.0 Å². The summed E-state index contributed by atoms with van der Waals surface area (Å²) < 4.78 is 26.3. The van der Waals surface area contributed by atoms with E-state index < -0.39 is 16.1 Å². The van der Waals surface area contributed by atoms with E-state index in [1.807, 2.05) is 13.0 Å². The van der Waals surface area contributed by atoms with Crippen molar-refractivity contribution < 1.29 is 13.2 Å². The summed E-state index contributed by atoms with van der Waals surface area (Å²) >= 11 is 0. The standard InChI is InChI=1S/C15H17N3O3S/c1-12-5-7-14(8-6-12)22(20,21)17-15(19)18(2)11-13-4-3-9-16-10-13/h3-10H,11H2,1-2H3,(H,17,19). The smallest absolute Gasteiger partial charge is 0.323 e. The van der Waals surface area contributed by atoms with E-state index in [-0.39, 0.29) is 11.4 Å². The molecule has 7 heteroatoms. The summed E-state index contributed by atoms with van der Waals surface area (Å²) in [6.45, 7) is 2.12. The second-order valence-electron chi connectivity index (χ2n) is 4.94. The summed E-state index contributed by atoms with van der Waals surface area (Å²) in [5.74, 6) is 0. The first-order valence-corrected chi connectivity index (χ1v) is 8.10. The average molecular weight is 319 g/mol. The SMILES string of the molecule is Cc1ccc(S(=O)(=O)NC(=O)N(C)Cc2cccnc2)cc1. The van der Waals surface area contributed by atoms with Crippen LogP contribution in [0.25, 0.3) is 0 Å². The first-order chi connectivity index (χ1) is 10.4. The summed E-state index contributed by atoms with van der Waals surface area (Å²) in [5, 5.41) is 0. The third-order valence-electron chi connectivity index (χ3n) is 3.04. The van der Waals surface area contributed by atoms with E-state index >= 15 is 0 Å². The summed E-state index contributed by atoms with van der Waals surface area (Å²) in [6, 6.07) is 9.16. The fourth-order valence-corrected chi connectivity index (χ4v) is 2.80. The Morgan fingerprint density at radius 1 is 1.23 bits per heavy atom. The maximum absolute atomic E-state index is 12.1. The third-order valence-corrected chi connectivity index (χ3v) is 4.38. The van der Waals surface area contributed by atoms with Crippen LogP contribution in [0.3, 0.4) is 0 Å². The zero-order chi connectivity index (χ0) is 16.2. The van der Waals surface area contributed by atoms with Gasteiger partial charge in [-0.1, -0.05) is 23.8 Å². The Kier molecular flexibility index (Phi) is 4.77. The minimum absolute atomic E-state index is 0.0567. The van der Waals surface area contributed by atoms with E-state index in [0.717, 1.165) is 11.1 Å². The molecule has 0 radical (unpaired) electrons. The zero-order valence-corrected chi connectivity index (χ0v) is 13.2. The maximum atomic E-state index is 12.1. The maximum Gasteiger partial charge on any atom is 0.331 e. The van der Waals surface area contributed by atoms with Crippen molar-refractivity contribution in [2.75, 3.05) is 7.05 Å². The van der Waals surface area contributed by atoms with E-state index in [1.54, 1.807) is 30.6 Å². The van der Waals surface area contributed by atoms with Crippen molar-refractivity contribution in [3.8, 4) is 0 Å². The van der Waals surface area contributed by atoms with Crippen LogP contribution < -0.4 is 4.72 Å². The van der Waals surface area contributed by atoms with Gasteiger partial charge in [-0.15, -0.1) is 0 Å². The molecule has 0 aliphatic carbocycles. The highest BCUT2D eigenvalue weighted by atomic mass is 32.2. The second kappa shape index (κ2) is 6.57. The van der Waals surface area contributed by atoms with Gasteiger partial charge in [0.15, 0.2) is 0 Å². The number of benzene rings is 1. The molecule has 0 atom stereocenters. The molecule has 2 rings (SSSR count). The highest BCUT2D eigenvalue weighted by Gasteiger charge is 2.20. The van der Waals surface area contributed by atoms with Crippen molar-refractivity contribution in [2.24, 2.45) is 0 Å². The van der Waals surface area contributed by atoms with E-state index in [2.05, 4.69) is 9.71 Å². The molecule has 0 saturated carbocycles. The second-order valence-corrected chi connectivity index (χ2v) is 6.62. The number of amides is 2. The molecule has 22 heavy (non-hydrogen) atoms. The van der Waals surface area contributed by atoms with Crippen LogP contribution >= 0.6 is 0 Å². The number of hydrogen-bond acceptors (Lipinski definition) is 4.